The summed E-state index contributed by atoms with van der Waals surface area (Å²) in [5.41, 5.74) is 8.04. The van der Waals surface area contributed by atoms with Gasteiger partial charge in [-0.2, -0.15) is 0 Å². The topological polar surface area (TPSA) is 29.3 Å². The summed E-state index contributed by atoms with van der Waals surface area (Å²) in [7, 11) is 0. The van der Waals surface area contributed by atoms with Gasteiger partial charge >= 0.3 is 0 Å². The highest BCUT2D eigenvalue weighted by Crippen LogP contribution is 2.47. The van der Waals surface area contributed by atoms with Crippen molar-refractivity contribution in [1.82, 2.24) is 0 Å². The van der Waals surface area contributed by atoms with Gasteiger partial charge in [-0.15, -0.1) is 0 Å². The molecule has 2 heteroatoms. The van der Waals surface area contributed by atoms with Crippen LogP contribution in [0.3, 0.4) is 0 Å². The molecule has 1 fully saturated rings. The van der Waals surface area contributed by atoms with E-state index in [9.17, 15) is 0 Å². The Morgan fingerprint density at radius 1 is 1.17 bits per heavy atom. The van der Waals surface area contributed by atoms with E-state index >= 15 is 0 Å². The monoisotopic (exact) mass is 246 g/mol. The van der Waals surface area contributed by atoms with Crippen LogP contribution in [0.5, 0.6) is 0 Å². The predicted molar refractivity (Wildman–Crippen MR) is 78.9 cm³/mol. The van der Waals surface area contributed by atoms with Crippen LogP contribution in [0.1, 0.15) is 40.0 Å². The Morgan fingerprint density at radius 2 is 1.83 bits per heavy atom. The van der Waals surface area contributed by atoms with Crippen molar-refractivity contribution in [3.8, 4) is 0 Å². The SMILES string of the molecule is CCN(c1ccccc1)C1(CN)CCC(C)(C)C1. The number of anilines is 1. The second-order valence-corrected chi connectivity index (χ2v) is 6.35. The second-order valence-electron chi connectivity index (χ2n) is 6.35. The molecule has 1 aliphatic carbocycles. The van der Waals surface area contributed by atoms with Gasteiger partial charge in [0.1, 0.15) is 0 Å². The number of benzene rings is 1. The zero-order chi connectivity index (χ0) is 13.2. The molecule has 2 rings (SSSR count). The van der Waals surface area contributed by atoms with E-state index in [0.717, 1.165) is 13.1 Å². The number of para-hydroxylation sites is 1. The van der Waals surface area contributed by atoms with E-state index in [1.807, 2.05) is 0 Å². The summed E-state index contributed by atoms with van der Waals surface area (Å²) in [6, 6.07) is 10.7. The summed E-state index contributed by atoms with van der Waals surface area (Å²) >= 11 is 0. The highest BCUT2D eigenvalue weighted by atomic mass is 15.2. The summed E-state index contributed by atoms with van der Waals surface area (Å²) in [5, 5.41) is 0. The number of likely N-dealkylation sites (N-methyl/N-ethyl adjacent to an activating group) is 1. The van der Waals surface area contributed by atoms with Crippen LogP contribution in [0.2, 0.25) is 0 Å². The van der Waals surface area contributed by atoms with Crippen LogP contribution >= 0.6 is 0 Å². The molecule has 1 aliphatic rings. The van der Waals surface area contributed by atoms with Crippen molar-refractivity contribution in [2.75, 3.05) is 18.0 Å². The van der Waals surface area contributed by atoms with Crippen molar-refractivity contribution in [3.63, 3.8) is 0 Å². The fourth-order valence-electron chi connectivity index (χ4n) is 3.55. The largest absolute Gasteiger partial charge is 0.365 e. The molecule has 100 valence electrons. The molecular weight excluding hydrogens is 220 g/mol. The number of nitrogens with zero attached hydrogens (tertiary/aromatic N) is 1. The first-order valence-electron chi connectivity index (χ1n) is 7.06. The molecule has 2 nitrogen and oxygen atoms in total. The van der Waals surface area contributed by atoms with Gasteiger partial charge in [0.2, 0.25) is 0 Å². The van der Waals surface area contributed by atoms with Gasteiger partial charge in [0.15, 0.2) is 0 Å². The van der Waals surface area contributed by atoms with Crippen molar-refractivity contribution in [2.45, 2.75) is 45.6 Å². The number of rotatable bonds is 4. The molecule has 0 aromatic heterocycles. The third-order valence-electron chi connectivity index (χ3n) is 4.41. The molecule has 0 amide bonds. The van der Waals surface area contributed by atoms with Crippen molar-refractivity contribution < 1.29 is 0 Å². The molecule has 1 aromatic rings. The number of nitrogens with two attached hydrogens (primary N) is 1. The van der Waals surface area contributed by atoms with Crippen LogP contribution in [0.4, 0.5) is 5.69 Å². The summed E-state index contributed by atoms with van der Waals surface area (Å²) in [6.45, 7) is 8.73. The van der Waals surface area contributed by atoms with Crippen LogP contribution in [0, 0.1) is 5.41 Å². The average Bonchev–Trinajstić information content (AvgIpc) is 2.69. The highest BCUT2D eigenvalue weighted by molar-refractivity contribution is 5.49. The molecular formula is C16H26N2. The Balaban J connectivity index is 2.31. The smallest absolute Gasteiger partial charge is 0.0529 e. The lowest BCUT2D eigenvalue weighted by Crippen LogP contribution is -2.53. The molecule has 0 saturated heterocycles. The summed E-state index contributed by atoms with van der Waals surface area (Å²) < 4.78 is 0. The maximum Gasteiger partial charge on any atom is 0.0529 e. The highest BCUT2D eigenvalue weighted by Gasteiger charge is 2.45. The van der Waals surface area contributed by atoms with Gasteiger partial charge in [0.25, 0.3) is 0 Å². The van der Waals surface area contributed by atoms with E-state index in [2.05, 4.69) is 56.0 Å². The third kappa shape index (κ3) is 2.39. The number of hydrogen-bond acceptors (Lipinski definition) is 2. The first-order chi connectivity index (χ1) is 8.53. The zero-order valence-electron chi connectivity index (χ0n) is 11.9. The second kappa shape index (κ2) is 4.93. The minimum absolute atomic E-state index is 0.152. The molecule has 2 N–H and O–H groups in total. The Bertz CT molecular complexity index is 385. The van der Waals surface area contributed by atoms with Crippen molar-refractivity contribution in [3.05, 3.63) is 30.3 Å². The van der Waals surface area contributed by atoms with E-state index in [-0.39, 0.29) is 5.54 Å². The van der Waals surface area contributed by atoms with Gasteiger partial charge < -0.3 is 10.6 Å². The fourth-order valence-corrected chi connectivity index (χ4v) is 3.55. The standard InChI is InChI=1S/C16H26N2/c1-4-18(14-8-6-5-7-9-14)16(13-17)11-10-15(2,3)12-16/h5-9H,4,10-13,17H2,1-3H3. The molecule has 18 heavy (non-hydrogen) atoms. The lowest BCUT2D eigenvalue weighted by atomic mass is 9.86. The fraction of sp³-hybridized carbons (Fsp3) is 0.625. The first kappa shape index (κ1) is 13.4. The Labute approximate surface area is 111 Å². The lowest BCUT2D eigenvalue weighted by molar-refractivity contribution is 0.326. The van der Waals surface area contributed by atoms with Crippen LogP contribution in [0.15, 0.2) is 30.3 Å². The van der Waals surface area contributed by atoms with Crippen molar-refractivity contribution in [2.24, 2.45) is 11.1 Å². The molecule has 0 aliphatic heterocycles. The van der Waals surface area contributed by atoms with Gasteiger partial charge in [0.05, 0.1) is 5.54 Å². The molecule has 0 heterocycles. The third-order valence-corrected chi connectivity index (χ3v) is 4.41. The van der Waals surface area contributed by atoms with E-state index in [1.165, 1.54) is 24.9 Å². The molecule has 0 spiro atoms. The van der Waals surface area contributed by atoms with Crippen LogP contribution in [-0.4, -0.2) is 18.6 Å². The van der Waals surface area contributed by atoms with Gasteiger partial charge in [0, 0.05) is 18.8 Å². The number of hydrogen-bond donors (Lipinski definition) is 1. The quantitative estimate of drug-likeness (QED) is 0.882. The summed E-state index contributed by atoms with van der Waals surface area (Å²) in [4.78, 5) is 2.52. The maximum absolute atomic E-state index is 6.16. The van der Waals surface area contributed by atoms with Gasteiger partial charge in [-0.05, 0) is 43.7 Å². The molecule has 1 unspecified atom stereocenters. The van der Waals surface area contributed by atoms with E-state index in [4.69, 9.17) is 5.73 Å². The first-order valence-corrected chi connectivity index (χ1v) is 7.06. The van der Waals surface area contributed by atoms with E-state index in [0.29, 0.717) is 5.41 Å². The molecule has 1 saturated carbocycles. The van der Waals surface area contributed by atoms with Crippen LogP contribution in [0.25, 0.3) is 0 Å². The molecule has 1 atom stereocenters. The van der Waals surface area contributed by atoms with Gasteiger partial charge in [-0.25, -0.2) is 0 Å². The molecule has 0 radical (unpaired) electrons. The Kier molecular flexibility index (Phi) is 3.67. The lowest BCUT2D eigenvalue weighted by Gasteiger charge is -2.43. The minimum Gasteiger partial charge on any atom is -0.365 e. The Morgan fingerprint density at radius 3 is 2.28 bits per heavy atom. The van der Waals surface area contributed by atoms with Gasteiger partial charge in [-0.1, -0.05) is 32.0 Å². The van der Waals surface area contributed by atoms with E-state index < -0.39 is 0 Å². The maximum atomic E-state index is 6.16. The van der Waals surface area contributed by atoms with Crippen molar-refractivity contribution in [1.29, 1.82) is 0 Å². The zero-order valence-corrected chi connectivity index (χ0v) is 11.9. The minimum atomic E-state index is 0.152. The summed E-state index contributed by atoms with van der Waals surface area (Å²) in [5.74, 6) is 0. The molecule has 0 bridgehead atoms. The van der Waals surface area contributed by atoms with Crippen LogP contribution < -0.4 is 10.6 Å². The summed E-state index contributed by atoms with van der Waals surface area (Å²) in [6.07, 6.45) is 3.67. The Hall–Kier alpha value is -1.02. The van der Waals surface area contributed by atoms with Gasteiger partial charge in [-0.3, -0.25) is 0 Å². The normalized spacial score (nSPS) is 26.2. The predicted octanol–water partition coefficient (Wildman–Crippen LogP) is 3.42. The van der Waals surface area contributed by atoms with Crippen molar-refractivity contribution >= 4 is 5.69 Å². The average molecular weight is 246 g/mol. The van der Waals surface area contributed by atoms with E-state index in [1.54, 1.807) is 0 Å². The molecule has 1 aromatic carbocycles. The van der Waals surface area contributed by atoms with Crippen LogP contribution in [-0.2, 0) is 0 Å².